The summed E-state index contributed by atoms with van der Waals surface area (Å²) in [5.74, 6) is 0. The van der Waals surface area contributed by atoms with E-state index in [1.54, 1.807) is 0 Å². The molecule has 10 aromatic rings. The first-order valence-corrected chi connectivity index (χ1v) is 21.0. The monoisotopic (exact) mass is 764 g/mol. The third-order valence-corrected chi connectivity index (χ3v) is 13.4. The van der Waals surface area contributed by atoms with Gasteiger partial charge in [0.25, 0.3) is 0 Å². The molecule has 1 atom stereocenters. The molecule has 2 nitrogen and oxygen atoms in total. The second-order valence-corrected chi connectivity index (χ2v) is 16.8. The van der Waals surface area contributed by atoms with Crippen molar-refractivity contribution in [3.05, 3.63) is 212 Å². The Morgan fingerprint density at radius 3 is 1.82 bits per heavy atom. The molecule has 0 fully saturated rings. The molecule has 9 aromatic carbocycles. The van der Waals surface area contributed by atoms with Crippen LogP contribution in [-0.2, 0) is 0 Å². The minimum absolute atomic E-state index is 0.226. The number of rotatable bonds is 7. The first-order chi connectivity index (χ1) is 28.2. The molecule has 11 rings (SSSR count). The van der Waals surface area contributed by atoms with Gasteiger partial charge in [-0.05, 0) is 98.8 Å². The molecular formula is C53H36N2S2. The summed E-state index contributed by atoms with van der Waals surface area (Å²) in [4.78, 5) is 3.74. The summed E-state index contributed by atoms with van der Waals surface area (Å²) in [6.45, 7) is 0. The highest BCUT2D eigenvalue weighted by Gasteiger charge is 2.25. The lowest BCUT2D eigenvalue weighted by Gasteiger charge is -2.28. The van der Waals surface area contributed by atoms with Gasteiger partial charge in [0.2, 0.25) is 0 Å². The fraction of sp³-hybridized carbons (Fsp3) is 0.0189. The number of benzene rings is 9. The van der Waals surface area contributed by atoms with Crippen LogP contribution in [0.3, 0.4) is 0 Å². The highest BCUT2D eigenvalue weighted by atomic mass is 32.2. The van der Waals surface area contributed by atoms with Crippen LogP contribution in [0.1, 0.15) is 10.9 Å². The van der Waals surface area contributed by atoms with Gasteiger partial charge in [0.05, 0.1) is 11.4 Å². The predicted octanol–water partition coefficient (Wildman–Crippen LogP) is 15.9. The van der Waals surface area contributed by atoms with Crippen LogP contribution in [0.2, 0.25) is 0 Å². The Kier molecular flexibility index (Phi) is 8.38. The molecule has 1 aliphatic heterocycles. The number of fused-ring (bicyclic) bond motifs is 5. The second kappa shape index (κ2) is 14.2. The standard InChI is InChI=1S/C53H36N2S2/c1-4-12-35(13-5-1)37-22-25-43(26-23-37)55(49-29-24-42(31-46(49)38-15-6-2-7-16-38)41-21-20-36-14-10-11-19-40(36)30-41)44-27-28-45-47-33-52-48(34-51(47)56-50(45)32-44)54-53(57-52)39-17-8-3-9-18-39/h1-34,53-54H. The maximum absolute atomic E-state index is 3.78. The third kappa shape index (κ3) is 6.24. The SMILES string of the molecule is c1ccc(-c2ccc(N(c3ccc4c(c3)sc3cc5c(cc34)SC(c3ccccc3)N5)c3ccc(-c4ccc5ccccc5c4)cc3-c3ccccc3)cc2)cc1. The molecule has 4 heteroatoms. The van der Waals surface area contributed by atoms with Crippen LogP contribution < -0.4 is 10.2 Å². The van der Waals surface area contributed by atoms with Gasteiger partial charge in [-0.2, -0.15) is 0 Å². The van der Waals surface area contributed by atoms with Crippen molar-refractivity contribution in [2.45, 2.75) is 10.3 Å². The van der Waals surface area contributed by atoms with Gasteiger partial charge in [0.1, 0.15) is 5.37 Å². The van der Waals surface area contributed by atoms with E-state index < -0.39 is 0 Å². The Labute approximate surface area is 340 Å². The van der Waals surface area contributed by atoms with E-state index in [0.717, 1.165) is 17.1 Å². The second-order valence-electron chi connectivity index (χ2n) is 14.6. The van der Waals surface area contributed by atoms with Gasteiger partial charge in [-0.15, -0.1) is 11.3 Å². The maximum Gasteiger partial charge on any atom is 0.103 e. The number of thioether (sulfide) groups is 1. The van der Waals surface area contributed by atoms with Crippen LogP contribution in [-0.4, -0.2) is 0 Å². The smallest absolute Gasteiger partial charge is 0.103 e. The van der Waals surface area contributed by atoms with E-state index in [9.17, 15) is 0 Å². The molecule has 0 saturated heterocycles. The Hall–Kier alpha value is -6.59. The average Bonchev–Trinajstić information content (AvgIpc) is 3.87. The summed E-state index contributed by atoms with van der Waals surface area (Å²) in [6.07, 6.45) is 0. The lowest BCUT2D eigenvalue weighted by atomic mass is 9.95. The number of hydrogen-bond acceptors (Lipinski definition) is 4. The molecule has 2 heterocycles. The van der Waals surface area contributed by atoms with Crippen LogP contribution in [0.5, 0.6) is 0 Å². The summed E-state index contributed by atoms with van der Waals surface area (Å²) >= 11 is 3.77. The third-order valence-electron chi connectivity index (χ3n) is 11.1. The molecule has 1 N–H and O–H groups in total. The van der Waals surface area contributed by atoms with E-state index in [-0.39, 0.29) is 5.37 Å². The van der Waals surface area contributed by atoms with Crippen molar-refractivity contribution in [1.82, 2.24) is 0 Å². The van der Waals surface area contributed by atoms with Crippen molar-refractivity contribution in [3.63, 3.8) is 0 Å². The molecule has 57 heavy (non-hydrogen) atoms. The van der Waals surface area contributed by atoms with E-state index in [1.807, 2.05) is 23.1 Å². The van der Waals surface area contributed by atoms with Crippen molar-refractivity contribution >= 4 is 76.8 Å². The van der Waals surface area contributed by atoms with E-state index in [0.29, 0.717) is 0 Å². The summed E-state index contributed by atoms with van der Waals surface area (Å²) in [5.41, 5.74) is 13.0. The molecule has 0 spiro atoms. The normalized spacial score (nSPS) is 13.5. The molecule has 0 radical (unpaired) electrons. The highest BCUT2D eigenvalue weighted by molar-refractivity contribution is 8.00. The van der Waals surface area contributed by atoms with Gasteiger partial charge in [0, 0.05) is 42.0 Å². The topological polar surface area (TPSA) is 15.3 Å². The minimum Gasteiger partial charge on any atom is -0.368 e. The number of nitrogens with zero attached hydrogens (tertiary/aromatic N) is 1. The molecule has 0 aliphatic carbocycles. The number of thiophene rings is 1. The molecule has 270 valence electrons. The van der Waals surface area contributed by atoms with Gasteiger partial charge in [-0.3, -0.25) is 0 Å². The fourth-order valence-corrected chi connectivity index (χ4v) is 10.5. The Balaban J connectivity index is 1.05. The molecule has 1 aliphatic rings. The van der Waals surface area contributed by atoms with Gasteiger partial charge in [-0.1, -0.05) is 163 Å². The largest absolute Gasteiger partial charge is 0.368 e. The molecule has 0 amide bonds. The van der Waals surface area contributed by atoms with Crippen LogP contribution >= 0.6 is 23.1 Å². The van der Waals surface area contributed by atoms with Crippen LogP contribution in [0, 0.1) is 0 Å². The summed E-state index contributed by atoms with van der Waals surface area (Å²) < 4.78 is 2.57. The van der Waals surface area contributed by atoms with Crippen molar-refractivity contribution < 1.29 is 0 Å². The van der Waals surface area contributed by atoms with Gasteiger partial charge >= 0.3 is 0 Å². The maximum atomic E-state index is 3.78. The van der Waals surface area contributed by atoms with Crippen LogP contribution in [0.25, 0.3) is 64.3 Å². The van der Waals surface area contributed by atoms with E-state index in [1.165, 1.54) is 80.5 Å². The molecule has 1 aromatic heterocycles. The Morgan fingerprint density at radius 1 is 0.421 bits per heavy atom. The van der Waals surface area contributed by atoms with Crippen molar-refractivity contribution in [2.24, 2.45) is 0 Å². The Bertz CT molecular complexity index is 3070. The average molecular weight is 765 g/mol. The lowest BCUT2D eigenvalue weighted by molar-refractivity contribution is 1.14. The summed E-state index contributed by atoms with van der Waals surface area (Å²) in [5, 5.41) is 9.11. The van der Waals surface area contributed by atoms with Crippen LogP contribution in [0.4, 0.5) is 22.7 Å². The highest BCUT2D eigenvalue weighted by Crippen LogP contribution is 2.51. The van der Waals surface area contributed by atoms with Crippen LogP contribution in [0.15, 0.2) is 211 Å². The fourth-order valence-electron chi connectivity index (χ4n) is 8.21. The summed E-state index contributed by atoms with van der Waals surface area (Å²) in [6, 6.07) is 75.3. The zero-order valence-corrected chi connectivity index (χ0v) is 32.6. The van der Waals surface area contributed by atoms with Gasteiger partial charge in [0.15, 0.2) is 0 Å². The molecule has 1 unspecified atom stereocenters. The number of nitrogens with one attached hydrogen (secondary N) is 1. The van der Waals surface area contributed by atoms with E-state index >= 15 is 0 Å². The van der Waals surface area contributed by atoms with Crippen molar-refractivity contribution in [3.8, 4) is 33.4 Å². The van der Waals surface area contributed by atoms with E-state index in [2.05, 4.69) is 216 Å². The zero-order chi connectivity index (χ0) is 37.7. The van der Waals surface area contributed by atoms with Gasteiger partial charge < -0.3 is 10.2 Å². The minimum atomic E-state index is 0.226. The first kappa shape index (κ1) is 33.7. The molecular weight excluding hydrogens is 729 g/mol. The van der Waals surface area contributed by atoms with Crippen molar-refractivity contribution in [1.29, 1.82) is 0 Å². The quantitative estimate of drug-likeness (QED) is 0.174. The first-order valence-electron chi connectivity index (χ1n) is 19.3. The van der Waals surface area contributed by atoms with Crippen molar-refractivity contribution in [2.75, 3.05) is 10.2 Å². The number of hydrogen-bond donors (Lipinski definition) is 1. The lowest BCUT2D eigenvalue weighted by Crippen LogP contribution is -2.11. The molecule has 0 bridgehead atoms. The predicted molar refractivity (Wildman–Crippen MR) is 246 cm³/mol. The van der Waals surface area contributed by atoms with Gasteiger partial charge in [-0.25, -0.2) is 0 Å². The molecule has 0 saturated carbocycles. The zero-order valence-electron chi connectivity index (χ0n) is 31.0. The summed E-state index contributed by atoms with van der Waals surface area (Å²) in [7, 11) is 0. The number of anilines is 4. The van der Waals surface area contributed by atoms with E-state index in [4.69, 9.17) is 0 Å². The Morgan fingerprint density at radius 2 is 1.04 bits per heavy atom.